The lowest BCUT2D eigenvalue weighted by Gasteiger charge is -2.27. The van der Waals surface area contributed by atoms with Gasteiger partial charge in [-0.25, -0.2) is 4.98 Å². The lowest BCUT2D eigenvalue weighted by atomic mass is 9.79. The highest BCUT2D eigenvalue weighted by Gasteiger charge is 2.29. The van der Waals surface area contributed by atoms with Gasteiger partial charge in [0.25, 0.3) is 0 Å². The van der Waals surface area contributed by atoms with Crippen LogP contribution in [0, 0.1) is 6.92 Å². The second kappa shape index (κ2) is 16.6. The van der Waals surface area contributed by atoms with Crippen LogP contribution >= 0.6 is 0 Å². The Morgan fingerprint density at radius 2 is 1.23 bits per heavy atom. The number of nitrogens with zero attached hydrogens (tertiary/aromatic N) is 3. The van der Waals surface area contributed by atoms with E-state index in [9.17, 15) is 5.11 Å². The molecule has 318 valence electrons. The molecule has 64 heavy (non-hydrogen) atoms. The van der Waals surface area contributed by atoms with Crippen molar-refractivity contribution in [2.75, 3.05) is 0 Å². The van der Waals surface area contributed by atoms with Crippen LogP contribution in [0.2, 0.25) is 0 Å². The number of para-hydroxylation sites is 1. The van der Waals surface area contributed by atoms with E-state index in [1.807, 2.05) is 91.9 Å². The number of phenolic OH excluding ortho intramolecular Hbond substituents is 1. The predicted molar refractivity (Wildman–Crippen MR) is 269 cm³/mol. The lowest BCUT2D eigenvalue weighted by molar-refractivity contribution is 0.446. The van der Waals surface area contributed by atoms with E-state index in [0.717, 1.165) is 27.8 Å². The minimum Gasteiger partial charge on any atom is -0.507 e. The number of hydrogen-bond donors (Lipinski definition) is 1. The quantitative estimate of drug-likeness (QED) is 0.166. The maximum Gasteiger partial charge on any atom is 0.149 e. The number of imidazole rings is 1. The summed E-state index contributed by atoms with van der Waals surface area (Å²) in [5.41, 5.74) is -2.87. The van der Waals surface area contributed by atoms with E-state index >= 15 is 0 Å². The molecule has 0 unspecified atom stereocenters. The molecule has 0 saturated carbocycles. The van der Waals surface area contributed by atoms with Gasteiger partial charge in [0.2, 0.25) is 0 Å². The van der Waals surface area contributed by atoms with E-state index < -0.39 is 86.1 Å². The number of fused-ring (bicyclic) bond motifs is 1. The number of phenols is 1. The van der Waals surface area contributed by atoms with Crippen molar-refractivity contribution in [2.24, 2.45) is 0 Å². The van der Waals surface area contributed by atoms with E-state index in [2.05, 4.69) is 0 Å². The molecule has 0 saturated heterocycles. The first-order valence-electron chi connectivity index (χ1n) is 30.3. The van der Waals surface area contributed by atoms with Crippen molar-refractivity contribution in [3.63, 3.8) is 0 Å². The fourth-order valence-electron chi connectivity index (χ4n) is 8.20. The number of rotatable bonds is 8. The normalized spacial score (nSPS) is 17.8. The molecule has 2 aromatic heterocycles. The Hall–Kier alpha value is -7.04. The Kier molecular flexibility index (Phi) is 6.56. The molecule has 0 radical (unpaired) electrons. The summed E-state index contributed by atoms with van der Waals surface area (Å²) in [7, 11) is 0. The molecule has 2 heterocycles. The fraction of sp³-hybridized carbons (Fsp3) is 0.200. The Bertz CT molecular complexity index is 3810. The van der Waals surface area contributed by atoms with Gasteiger partial charge in [0.1, 0.15) is 11.6 Å². The van der Waals surface area contributed by atoms with Crippen LogP contribution in [0.1, 0.15) is 109 Å². The molecular formula is C60H57N3O. The summed E-state index contributed by atoms with van der Waals surface area (Å²) < 4.78 is 169. The zero-order valence-corrected chi connectivity index (χ0v) is 35.5. The molecule has 7 aromatic carbocycles. The smallest absolute Gasteiger partial charge is 0.149 e. The van der Waals surface area contributed by atoms with Gasteiger partial charge in [0.05, 0.1) is 28.0 Å². The Balaban J connectivity index is 1.50. The highest BCUT2D eigenvalue weighted by atomic mass is 16.3. The molecule has 0 aliphatic carbocycles. The van der Waals surface area contributed by atoms with Crippen molar-refractivity contribution in [3.05, 3.63) is 192 Å². The minimum absolute atomic E-state index is 0.137. The highest BCUT2D eigenvalue weighted by molar-refractivity contribution is 5.98. The molecule has 4 nitrogen and oxygen atoms in total. The first-order chi connectivity index (χ1) is 38.4. The standard InChI is InChI=1S/C60H57N3O/c1-38(2)43-27-28-54(50(34-43)42-19-14-11-15-20-42)63-55-22-16-21-49(56(55)62-58(63)51-36-48(59(4,5)6)37-52(57(51)64)60(7,8)9)46-31-45(40-17-12-10-13-18-40)32-47(33-46)53-35-44(29-30-61-53)41-25-23-39(3)24-26-41/h10-38,64H,1-9H3/i4D3,5D3,6D3,7D3,8D3,9D3,38D. The van der Waals surface area contributed by atoms with Crippen molar-refractivity contribution in [1.29, 1.82) is 0 Å². The number of benzene rings is 7. The molecule has 0 bridgehead atoms. The van der Waals surface area contributed by atoms with E-state index in [1.54, 1.807) is 86.8 Å². The molecule has 0 fully saturated rings. The second-order valence-electron chi connectivity index (χ2n) is 16.4. The molecule has 0 aliphatic rings. The summed E-state index contributed by atoms with van der Waals surface area (Å²) in [6.07, 6.45) is 1.71. The number of hydrogen-bond acceptors (Lipinski definition) is 3. The van der Waals surface area contributed by atoms with Crippen molar-refractivity contribution in [2.45, 2.75) is 78.6 Å². The topological polar surface area (TPSA) is 50.9 Å². The van der Waals surface area contributed by atoms with Gasteiger partial charge in [-0.3, -0.25) is 9.55 Å². The molecule has 9 aromatic rings. The molecule has 0 atom stereocenters. The number of aryl methyl sites for hydroxylation is 1. The van der Waals surface area contributed by atoms with Crippen molar-refractivity contribution >= 4 is 11.0 Å². The largest absolute Gasteiger partial charge is 0.507 e. The van der Waals surface area contributed by atoms with Crippen LogP contribution in [0.5, 0.6) is 5.75 Å². The number of aromatic hydroxyl groups is 1. The molecule has 0 amide bonds. The second-order valence-corrected chi connectivity index (χ2v) is 16.4. The van der Waals surface area contributed by atoms with E-state index in [0.29, 0.717) is 45.1 Å². The number of pyridine rings is 1. The summed E-state index contributed by atoms with van der Waals surface area (Å²) in [5.74, 6) is -3.04. The summed E-state index contributed by atoms with van der Waals surface area (Å²) >= 11 is 0. The third-order valence-corrected chi connectivity index (χ3v) is 11.6. The summed E-state index contributed by atoms with van der Waals surface area (Å²) in [6.45, 7) is -19.3. The Morgan fingerprint density at radius 3 is 1.94 bits per heavy atom. The van der Waals surface area contributed by atoms with Gasteiger partial charge in [0.15, 0.2) is 0 Å². The predicted octanol–water partition coefficient (Wildman–Crippen LogP) is 16.2. The molecule has 0 aliphatic heterocycles. The molecule has 0 spiro atoms. The van der Waals surface area contributed by atoms with Crippen LogP contribution in [0.4, 0.5) is 0 Å². The van der Waals surface area contributed by atoms with Gasteiger partial charge >= 0.3 is 0 Å². The van der Waals surface area contributed by atoms with Gasteiger partial charge < -0.3 is 5.11 Å². The van der Waals surface area contributed by atoms with E-state index in [-0.39, 0.29) is 22.8 Å². The molecule has 1 N–H and O–H groups in total. The zero-order valence-electron chi connectivity index (χ0n) is 54.5. The monoisotopic (exact) mass is 855 g/mol. The Morgan fingerprint density at radius 1 is 0.562 bits per heavy atom. The molecule has 9 rings (SSSR count). The summed E-state index contributed by atoms with van der Waals surface area (Å²) in [4.78, 5) is 10.0. The first kappa shape index (κ1) is 25.3. The van der Waals surface area contributed by atoms with E-state index in [4.69, 9.17) is 36.0 Å². The minimum atomic E-state index is -4.16. The lowest BCUT2D eigenvalue weighted by Crippen LogP contribution is -2.17. The Labute approximate surface area is 405 Å². The van der Waals surface area contributed by atoms with Crippen LogP contribution in [0.15, 0.2) is 170 Å². The van der Waals surface area contributed by atoms with Gasteiger partial charge in [-0.1, -0.05) is 170 Å². The van der Waals surface area contributed by atoms with Crippen LogP contribution in [0.25, 0.3) is 83.9 Å². The average molecular weight is 855 g/mol. The highest BCUT2D eigenvalue weighted by Crippen LogP contribution is 2.46. The van der Waals surface area contributed by atoms with Crippen LogP contribution in [-0.2, 0) is 10.8 Å². The zero-order chi connectivity index (χ0) is 60.8. The van der Waals surface area contributed by atoms with Crippen LogP contribution in [-0.4, -0.2) is 19.6 Å². The van der Waals surface area contributed by atoms with Crippen molar-refractivity contribution in [3.8, 4) is 78.6 Å². The molecule has 4 heteroatoms. The van der Waals surface area contributed by atoms with Gasteiger partial charge in [-0.2, -0.15) is 0 Å². The van der Waals surface area contributed by atoms with Crippen molar-refractivity contribution < 1.29 is 31.2 Å². The average Bonchev–Trinajstić information content (AvgIpc) is 1.51. The fourth-order valence-corrected chi connectivity index (χ4v) is 8.20. The van der Waals surface area contributed by atoms with Gasteiger partial charge in [0, 0.05) is 54.5 Å². The molecular weight excluding hydrogens is 779 g/mol. The van der Waals surface area contributed by atoms with Crippen LogP contribution < -0.4 is 0 Å². The van der Waals surface area contributed by atoms with Gasteiger partial charge in [-0.05, 0) is 123 Å². The van der Waals surface area contributed by atoms with Crippen molar-refractivity contribution in [1.82, 2.24) is 14.5 Å². The SMILES string of the molecule is [2H]C(C)(C)c1ccc(-n2c(-c3cc(C(C([2H])([2H])[2H])(C([2H])([2H])[2H])C([2H])([2H])[2H])cc(C(C([2H])([2H])[2H])(C([2H])([2H])[2H])C([2H])([2H])[2H])c3O)nc3c(-c4cc(-c5ccccc5)cc(-c5cc(-c6ccc(C)cc6)ccn5)c4)cccc32)c(-c2ccccc2)c1. The van der Waals surface area contributed by atoms with Gasteiger partial charge in [-0.15, -0.1) is 0 Å². The number of aromatic nitrogens is 3. The first-order valence-corrected chi connectivity index (χ1v) is 20.8. The maximum atomic E-state index is 13.1. The third kappa shape index (κ3) is 8.17. The van der Waals surface area contributed by atoms with Crippen LogP contribution in [0.3, 0.4) is 0 Å². The third-order valence-electron chi connectivity index (χ3n) is 11.6. The maximum absolute atomic E-state index is 13.1. The van der Waals surface area contributed by atoms with E-state index in [1.165, 1.54) is 4.57 Å². The summed E-state index contributed by atoms with van der Waals surface area (Å²) in [6, 6.07) is 47.3. The summed E-state index contributed by atoms with van der Waals surface area (Å²) in [5, 5.41) is 13.1.